The molecule has 0 saturated carbocycles. The highest BCUT2D eigenvalue weighted by atomic mass is 35.5. The Bertz CT molecular complexity index is 344. The Kier molecular flexibility index (Phi) is 4.34. The summed E-state index contributed by atoms with van der Waals surface area (Å²) in [5.41, 5.74) is 1.06. The van der Waals surface area contributed by atoms with Gasteiger partial charge in [-0.3, -0.25) is 4.79 Å². The molecule has 82 valence electrons. The van der Waals surface area contributed by atoms with Gasteiger partial charge in [0.25, 0.3) is 0 Å². The number of Topliss-reactive ketones (excluding diaryl/α,β-unsaturated/α-hetero) is 1. The van der Waals surface area contributed by atoms with E-state index in [9.17, 15) is 4.79 Å². The molecule has 0 aromatic heterocycles. The molecular weight excluding hydrogens is 208 g/mol. The van der Waals surface area contributed by atoms with E-state index in [4.69, 9.17) is 11.6 Å². The second-order valence-electron chi connectivity index (χ2n) is 4.26. The number of carbonyl (C=O) groups is 1. The van der Waals surface area contributed by atoms with Crippen molar-refractivity contribution in [2.45, 2.75) is 27.2 Å². The Morgan fingerprint density at radius 1 is 1.33 bits per heavy atom. The molecule has 0 amide bonds. The predicted octanol–water partition coefficient (Wildman–Crippen LogP) is 3.74. The van der Waals surface area contributed by atoms with Crippen LogP contribution in [0.15, 0.2) is 24.3 Å². The van der Waals surface area contributed by atoms with Gasteiger partial charge in [0, 0.05) is 10.9 Å². The summed E-state index contributed by atoms with van der Waals surface area (Å²) in [7, 11) is 0. The Morgan fingerprint density at radius 2 is 1.93 bits per heavy atom. The summed E-state index contributed by atoms with van der Waals surface area (Å²) in [5.74, 6) is 0.675. The number of halogens is 1. The molecule has 1 aromatic carbocycles. The number of ketones is 1. The largest absolute Gasteiger partial charge is 0.300 e. The van der Waals surface area contributed by atoms with E-state index in [0.717, 1.165) is 17.0 Å². The summed E-state index contributed by atoms with van der Waals surface area (Å²) in [6.07, 6.45) is 0.743. The van der Waals surface area contributed by atoms with Crippen LogP contribution in [0, 0.1) is 11.8 Å². The molecule has 1 aromatic rings. The van der Waals surface area contributed by atoms with Crippen molar-refractivity contribution >= 4 is 17.4 Å². The van der Waals surface area contributed by atoms with E-state index in [2.05, 4.69) is 13.8 Å². The molecule has 1 unspecified atom stereocenters. The number of benzene rings is 1. The molecule has 0 N–H and O–H groups in total. The molecule has 15 heavy (non-hydrogen) atoms. The van der Waals surface area contributed by atoms with Gasteiger partial charge in [0.2, 0.25) is 0 Å². The summed E-state index contributed by atoms with van der Waals surface area (Å²) >= 11 is 6.07. The van der Waals surface area contributed by atoms with Gasteiger partial charge in [-0.05, 0) is 30.9 Å². The van der Waals surface area contributed by atoms with Crippen molar-refractivity contribution < 1.29 is 4.79 Å². The standard InChI is InChI=1S/C13H17ClO/c1-9(2)12(10(3)15)8-11-6-4-5-7-13(11)14/h4-7,9,12H,8H2,1-3H3. The fourth-order valence-electron chi connectivity index (χ4n) is 1.75. The molecule has 0 aliphatic carbocycles. The van der Waals surface area contributed by atoms with Crippen LogP contribution < -0.4 is 0 Å². The lowest BCUT2D eigenvalue weighted by atomic mass is 9.86. The highest BCUT2D eigenvalue weighted by molar-refractivity contribution is 6.31. The fourth-order valence-corrected chi connectivity index (χ4v) is 1.96. The smallest absolute Gasteiger partial charge is 0.133 e. The topological polar surface area (TPSA) is 17.1 Å². The second-order valence-corrected chi connectivity index (χ2v) is 4.66. The second kappa shape index (κ2) is 5.32. The predicted molar refractivity (Wildman–Crippen MR) is 64.2 cm³/mol. The molecule has 0 bridgehead atoms. The van der Waals surface area contributed by atoms with Crippen molar-refractivity contribution in [1.29, 1.82) is 0 Å². The summed E-state index contributed by atoms with van der Waals surface area (Å²) in [5, 5.41) is 0.754. The Labute approximate surface area is 96.5 Å². The molecule has 0 aliphatic rings. The summed E-state index contributed by atoms with van der Waals surface area (Å²) in [4.78, 5) is 11.5. The van der Waals surface area contributed by atoms with Crippen LogP contribution in [0.2, 0.25) is 5.02 Å². The van der Waals surface area contributed by atoms with Gasteiger partial charge >= 0.3 is 0 Å². The molecule has 0 spiro atoms. The van der Waals surface area contributed by atoms with E-state index >= 15 is 0 Å². The van der Waals surface area contributed by atoms with Crippen LogP contribution >= 0.6 is 11.6 Å². The minimum absolute atomic E-state index is 0.0740. The van der Waals surface area contributed by atoms with Crippen molar-refractivity contribution in [2.24, 2.45) is 11.8 Å². The molecule has 0 radical (unpaired) electrons. The third kappa shape index (κ3) is 3.35. The van der Waals surface area contributed by atoms with E-state index in [1.165, 1.54) is 0 Å². The van der Waals surface area contributed by atoms with Crippen molar-refractivity contribution in [3.8, 4) is 0 Å². The third-order valence-corrected chi connectivity index (χ3v) is 3.09. The lowest BCUT2D eigenvalue weighted by Crippen LogP contribution is -2.20. The maximum Gasteiger partial charge on any atom is 0.133 e. The van der Waals surface area contributed by atoms with E-state index in [0.29, 0.717) is 5.92 Å². The number of rotatable bonds is 4. The van der Waals surface area contributed by atoms with Crippen molar-refractivity contribution in [3.05, 3.63) is 34.9 Å². The molecule has 0 saturated heterocycles. The third-order valence-electron chi connectivity index (χ3n) is 2.72. The first-order valence-electron chi connectivity index (χ1n) is 5.26. The van der Waals surface area contributed by atoms with Crippen LogP contribution in [0.25, 0.3) is 0 Å². The summed E-state index contributed by atoms with van der Waals surface area (Å²) < 4.78 is 0. The van der Waals surface area contributed by atoms with Gasteiger partial charge in [-0.15, -0.1) is 0 Å². The number of carbonyl (C=O) groups excluding carboxylic acids is 1. The van der Waals surface area contributed by atoms with Crippen LogP contribution in [-0.2, 0) is 11.2 Å². The van der Waals surface area contributed by atoms with Gasteiger partial charge in [0.1, 0.15) is 5.78 Å². The van der Waals surface area contributed by atoms with Crippen LogP contribution in [0.5, 0.6) is 0 Å². The minimum Gasteiger partial charge on any atom is -0.300 e. The minimum atomic E-state index is 0.0740. The first kappa shape index (κ1) is 12.3. The van der Waals surface area contributed by atoms with E-state index < -0.39 is 0 Å². The van der Waals surface area contributed by atoms with Gasteiger partial charge < -0.3 is 0 Å². The van der Waals surface area contributed by atoms with Crippen LogP contribution in [-0.4, -0.2) is 5.78 Å². The first-order valence-corrected chi connectivity index (χ1v) is 5.64. The van der Waals surface area contributed by atoms with E-state index in [1.807, 2.05) is 24.3 Å². The van der Waals surface area contributed by atoms with Gasteiger partial charge in [-0.2, -0.15) is 0 Å². The molecule has 2 heteroatoms. The molecular formula is C13H17ClO. The van der Waals surface area contributed by atoms with Gasteiger partial charge in [-0.1, -0.05) is 43.6 Å². The van der Waals surface area contributed by atoms with Gasteiger partial charge in [0.05, 0.1) is 0 Å². The average molecular weight is 225 g/mol. The Morgan fingerprint density at radius 3 is 2.40 bits per heavy atom. The van der Waals surface area contributed by atoms with Crippen molar-refractivity contribution in [1.82, 2.24) is 0 Å². The highest BCUT2D eigenvalue weighted by Crippen LogP contribution is 2.23. The van der Waals surface area contributed by atoms with Gasteiger partial charge in [0.15, 0.2) is 0 Å². The van der Waals surface area contributed by atoms with E-state index in [-0.39, 0.29) is 11.7 Å². The van der Waals surface area contributed by atoms with Crippen LogP contribution in [0.4, 0.5) is 0 Å². The lowest BCUT2D eigenvalue weighted by molar-refractivity contribution is -0.121. The quantitative estimate of drug-likeness (QED) is 0.762. The first-order chi connectivity index (χ1) is 7.02. The Balaban J connectivity index is 2.84. The normalized spacial score (nSPS) is 12.9. The number of hydrogen-bond acceptors (Lipinski definition) is 1. The molecule has 1 rings (SSSR count). The van der Waals surface area contributed by atoms with Crippen molar-refractivity contribution in [2.75, 3.05) is 0 Å². The molecule has 0 heterocycles. The number of hydrogen-bond donors (Lipinski definition) is 0. The fraction of sp³-hybridized carbons (Fsp3) is 0.462. The molecule has 1 atom stereocenters. The molecule has 0 aliphatic heterocycles. The zero-order valence-electron chi connectivity index (χ0n) is 9.46. The Hall–Kier alpha value is -0.820. The van der Waals surface area contributed by atoms with Crippen molar-refractivity contribution in [3.63, 3.8) is 0 Å². The van der Waals surface area contributed by atoms with Crippen LogP contribution in [0.3, 0.4) is 0 Å². The van der Waals surface area contributed by atoms with Crippen LogP contribution in [0.1, 0.15) is 26.3 Å². The summed E-state index contributed by atoms with van der Waals surface area (Å²) in [6.45, 7) is 5.80. The van der Waals surface area contributed by atoms with E-state index in [1.54, 1.807) is 6.92 Å². The average Bonchev–Trinajstić information content (AvgIpc) is 2.15. The molecule has 0 fully saturated rings. The highest BCUT2D eigenvalue weighted by Gasteiger charge is 2.19. The molecule has 1 nitrogen and oxygen atoms in total. The zero-order chi connectivity index (χ0) is 11.4. The monoisotopic (exact) mass is 224 g/mol. The maximum absolute atomic E-state index is 11.5. The maximum atomic E-state index is 11.5. The van der Waals surface area contributed by atoms with Gasteiger partial charge in [-0.25, -0.2) is 0 Å². The summed E-state index contributed by atoms with van der Waals surface area (Å²) in [6, 6.07) is 7.72. The zero-order valence-corrected chi connectivity index (χ0v) is 10.2. The lowest BCUT2D eigenvalue weighted by Gasteiger charge is -2.18. The SMILES string of the molecule is CC(=O)C(Cc1ccccc1Cl)C(C)C.